The first-order valence-corrected chi connectivity index (χ1v) is 13.1. The van der Waals surface area contributed by atoms with Gasteiger partial charge in [0.15, 0.2) is 0 Å². The summed E-state index contributed by atoms with van der Waals surface area (Å²) in [7, 11) is 0. The van der Waals surface area contributed by atoms with Gasteiger partial charge in [0.05, 0.1) is 10.6 Å². The average Bonchev–Trinajstić information content (AvgIpc) is 2.81. The number of nitrogens with zero attached hydrogens (tertiary/aromatic N) is 1. The lowest BCUT2D eigenvalue weighted by atomic mass is 9.90. The van der Waals surface area contributed by atoms with Crippen molar-refractivity contribution in [2.45, 2.75) is 45.1 Å². The molecule has 1 atom stereocenters. The van der Waals surface area contributed by atoms with E-state index in [2.05, 4.69) is 36.5 Å². The number of hydrogen-bond donors (Lipinski definition) is 1. The molecule has 6 heteroatoms. The zero-order chi connectivity index (χ0) is 22.9. The first-order chi connectivity index (χ1) is 15.5. The number of amides is 2. The van der Waals surface area contributed by atoms with Gasteiger partial charge in [0.25, 0.3) is 5.91 Å². The summed E-state index contributed by atoms with van der Waals surface area (Å²) in [6.45, 7) is 3.63. The molecule has 0 bridgehead atoms. The van der Waals surface area contributed by atoms with Gasteiger partial charge in [-0.3, -0.25) is 9.59 Å². The van der Waals surface area contributed by atoms with Crippen LogP contribution < -0.4 is 5.32 Å². The number of benzene rings is 2. The molecule has 32 heavy (non-hydrogen) atoms. The van der Waals surface area contributed by atoms with E-state index in [-0.39, 0.29) is 11.8 Å². The Morgan fingerprint density at radius 1 is 1.12 bits per heavy atom. The molecule has 0 radical (unpaired) electrons. The van der Waals surface area contributed by atoms with Gasteiger partial charge in [-0.15, -0.1) is 0 Å². The van der Waals surface area contributed by atoms with Gasteiger partial charge in [-0.25, -0.2) is 0 Å². The van der Waals surface area contributed by atoms with E-state index >= 15 is 0 Å². The second kappa shape index (κ2) is 12.3. The van der Waals surface area contributed by atoms with Crippen LogP contribution in [0.4, 0.5) is 0 Å². The van der Waals surface area contributed by atoms with Gasteiger partial charge < -0.3 is 10.2 Å². The zero-order valence-corrected chi connectivity index (χ0v) is 20.6. The van der Waals surface area contributed by atoms with Crippen molar-refractivity contribution in [1.29, 1.82) is 0 Å². The van der Waals surface area contributed by atoms with E-state index in [1.54, 1.807) is 36.0 Å². The average molecular weight is 473 g/mol. The maximum atomic E-state index is 13.2. The molecule has 1 aliphatic heterocycles. The van der Waals surface area contributed by atoms with Gasteiger partial charge in [0.2, 0.25) is 5.91 Å². The van der Waals surface area contributed by atoms with Crippen LogP contribution in [0.25, 0.3) is 0 Å². The summed E-state index contributed by atoms with van der Waals surface area (Å²) < 4.78 is 0. The van der Waals surface area contributed by atoms with Crippen molar-refractivity contribution >= 4 is 35.2 Å². The van der Waals surface area contributed by atoms with E-state index in [0.29, 0.717) is 22.9 Å². The number of thioether (sulfide) groups is 1. The first-order valence-electron chi connectivity index (χ1n) is 11.4. The lowest BCUT2D eigenvalue weighted by molar-refractivity contribution is -0.134. The third-order valence-electron chi connectivity index (χ3n) is 6.22. The van der Waals surface area contributed by atoms with E-state index in [0.717, 1.165) is 44.5 Å². The van der Waals surface area contributed by atoms with Gasteiger partial charge in [-0.1, -0.05) is 53.6 Å². The third kappa shape index (κ3) is 7.01. The van der Waals surface area contributed by atoms with Crippen molar-refractivity contribution in [1.82, 2.24) is 10.2 Å². The summed E-state index contributed by atoms with van der Waals surface area (Å²) in [6.07, 6.45) is 6.91. The van der Waals surface area contributed by atoms with E-state index in [9.17, 15) is 9.59 Å². The molecule has 2 amide bonds. The Balaban J connectivity index is 1.53. The molecule has 1 heterocycles. The molecule has 2 aromatic rings. The topological polar surface area (TPSA) is 49.4 Å². The number of halogens is 1. The van der Waals surface area contributed by atoms with E-state index < -0.39 is 6.04 Å². The molecule has 0 saturated carbocycles. The highest BCUT2D eigenvalue weighted by atomic mass is 35.5. The van der Waals surface area contributed by atoms with Crippen LogP contribution in [-0.2, 0) is 11.2 Å². The molecule has 172 valence electrons. The summed E-state index contributed by atoms with van der Waals surface area (Å²) in [6, 6.07) is 15.2. The normalized spacial score (nSPS) is 15.4. The monoisotopic (exact) mass is 472 g/mol. The van der Waals surface area contributed by atoms with Gasteiger partial charge >= 0.3 is 0 Å². The Kier molecular flexibility index (Phi) is 9.49. The van der Waals surface area contributed by atoms with Crippen molar-refractivity contribution in [3.8, 4) is 0 Å². The Bertz CT molecular complexity index is 895. The van der Waals surface area contributed by atoms with Gasteiger partial charge in [0.1, 0.15) is 6.04 Å². The third-order valence-corrected chi connectivity index (χ3v) is 7.19. The van der Waals surface area contributed by atoms with Crippen LogP contribution in [0.3, 0.4) is 0 Å². The molecular formula is C26H33ClN2O2S. The fraction of sp³-hybridized carbons (Fsp3) is 0.462. The molecule has 0 spiro atoms. The van der Waals surface area contributed by atoms with Crippen molar-refractivity contribution < 1.29 is 9.59 Å². The number of likely N-dealkylation sites (tertiary alicyclic amines) is 1. The van der Waals surface area contributed by atoms with Gasteiger partial charge in [-0.05, 0) is 74.7 Å². The molecule has 2 aromatic carbocycles. The fourth-order valence-electron chi connectivity index (χ4n) is 4.16. The van der Waals surface area contributed by atoms with Crippen LogP contribution in [0.15, 0.2) is 48.5 Å². The standard InChI is InChI=1S/C26H33ClN2O2S/c1-19-7-9-20(10-8-19)11-12-21-13-16-29(17-14-21)26(31)24(15-18-32-2)28-25(30)22-5-3-4-6-23(22)27/h3-10,21,24H,11-18H2,1-2H3,(H,28,30). The van der Waals surface area contributed by atoms with Crippen LogP contribution in [0.2, 0.25) is 5.02 Å². The summed E-state index contributed by atoms with van der Waals surface area (Å²) in [5.74, 6) is 1.19. The molecular weight excluding hydrogens is 440 g/mol. The minimum atomic E-state index is -0.518. The highest BCUT2D eigenvalue weighted by molar-refractivity contribution is 7.98. The summed E-state index contributed by atoms with van der Waals surface area (Å²) in [5, 5.41) is 3.34. The van der Waals surface area contributed by atoms with Crippen LogP contribution in [-0.4, -0.2) is 47.9 Å². The lowest BCUT2D eigenvalue weighted by Gasteiger charge is -2.34. The minimum absolute atomic E-state index is 0.0245. The second-order valence-corrected chi connectivity index (χ2v) is 9.97. The Labute approximate surface area is 201 Å². The number of piperidine rings is 1. The van der Waals surface area contributed by atoms with Gasteiger partial charge in [0, 0.05) is 13.1 Å². The molecule has 4 nitrogen and oxygen atoms in total. The van der Waals surface area contributed by atoms with E-state index in [1.807, 2.05) is 11.2 Å². The zero-order valence-electron chi connectivity index (χ0n) is 19.0. The number of rotatable bonds is 9. The minimum Gasteiger partial charge on any atom is -0.341 e. The van der Waals surface area contributed by atoms with Gasteiger partial charge in [-0.2, -0.15) is 11.8 Å². The highest BCUT2D eigenvalue weighted by Crippen LogP contribution is 2.24. The fourth-order valence-corrected chi connectivity index (χ4v) is 4.86. The SMILES string of the molecule is CSCCC(NC(=O)c1ccccc1Cl)C(=O)N1CCC(CCc2ccc(C)cc2)CC1. The number of hydrogen-bond acceptors (Lipinski definition) is 3. The first kappa shape index (κ1) is 24.7. The summed E-state index contributed by atoms with van der Waals surface area (Å²) >= 11 is 7.85. The van der Waals surface area contributed by atoms with Crippen molar-refractivity contribution in [3.05, 3.63) is 70.2 Å². The summed E-state index contributed by atoms with van der Waals surface area (Å²) in [4.78, 5) is 27.9. The quantitative estimate of drug-likeness (QED) is 0.533. The van der Waals surface area contributed by atoms with Crippen LogP contribution in [0.5, 0.6) is 0 Å². The Morgan fingerprint density at radius 2 is 1.81 bits per heavy atom. The number of carbonyl (C=O) groups excluding carboxylic acids is 2. The van der Waals surface area contributed by atoms with E-state index in [4.69, 9.17) is 11.6 Å². The van der Waals surface area contributed by atoms with Crippen LogP contribution in [0, 0.1) is 12.8 Å². The van der Waals surface area contributed by atoms with Crippen molar-refractivity contribution in [2.24, 2.45) is 5.92 Å². The predicted octanol–water partition coefficient (Wildman–Crippen LogP) is 5.37. The predicted molar refractivity (Wildman–Crippen MR) is 135 cm³/mol. The smallest absolute Gasteiger partial charge is 0.253 e. The molecule has 1 N–H and O–H groups in total. The molecule has 0 aromatic heterocycles. The Morgan fingerprint density at radius 3 is 2.47 bits per heavy atom. The number of nitrogens with one attached hydrogen (secondary N) is 1. The summed E-state index contributed by atoms with van der Waals surface area (Å²) in [5.41, 5.74) is 3.08. The maximum Gasteiger partial charge on any atom is 0.253 e. The molecule has 0 aliphatic carbocycles. The van der Waals surface area contributed by atoms with E-state index in [1.165, 1.54) is 11.1 Å². The molecule has 1 saturated heterocycles. The number of aryl methyl sites for hydroxylation is 2. The van der Waals surface area contributed by atoms with Crippen molar-refractivity contribution in [2.75, 3.05) is 25.1 Å². The largest absolute Gasteiger partial charge is 0.341 e. The maximum absolute atomic E-state index is 13.2. The lowest BCUT2D eigenvalue weighted by Crippen LogP contribution is -2.51. The number of carbonyl (C=O) groups is 2. The second-order valence-electron chi connectivity index (χ2n) is 8.58. The van der Waals surface area contributed by atoms with Crippen LogP contribution >= 0.6 is 23.4 Å². The molecule has 3 rings (SSSR count). The Hall–Kier alpha value is -1.98. The molecule has 1 fully saturated rings. The van der Waals surface area contributed by atoms with Crippen LogP contribution in [0.1, 0.15) is 47.2 Å². The highest BCUT2D eigenvalue weighted by Gasteiger charge is 2.29. The van der Waals surface area contributed by atoms with Crippen molar-refractivity contribution in [3.63, 3.8) is 0 Å². The molecule has 1 unspecified atom stereocenters. The molecule has 1 aliphatic rings.